The zero-order valence-electron chi connectivity index (χ0n) is 8.60. The standard InChI is InChI=1S/C10H20N2O/c1-3-5-11-7-10(13)12-9-6-8(9)4-2/h8-9,11H,3-7H2,1-2H3,(H,12,13). The van der Waals surface area contributed by atoms with Crippen LogP contribution in [0.1, 0.15) is 33.1 Å². The number of nitrogens with one attached hydrogen (secondary N) is 2. The average Bonchev–Trinajstić information content (AvgIpc) is 2.84. The fourth-order valence-electron chi connectivity index (χ4n) is 1.51. The molecule has 76 valence electrons. The van der Waals surface area contributed by atoms with Gasteiger partial charge in [-0.3, -0.25) is 4.79 Å². The summed E-state index contributed by atoms with van der Waals surface area (Å²) in [7, 11) is 0. The molecule has 1 aliphatic carbocycles. The number of rotatable bonds is 6. The monoisotopic (exact) mass is 184 g/mol. The lowest BCUT2D eigenvalue weighted by molar-refractivity contribution is -0.120. The van der Waals surface area contributed by atoms with Gasteiger partial charge in [-0.2, -0.15) is 0 Å². The van der Waals surface area contributed by atoms with Crippen molar-refractivity contribution in [2.24, 2.45) is 5.92 Å². The molecule has 1 amide bonds. The van der Waals surface area contributed by atoms with Crippen LogP contribution in [0.2, 0.25) is 0 Å². The number of carbonyl (C=O) groups is 1. The van der Waals surface area contributed by atoms with Gasteiger partial charge in [0.05, 0.1) is 6.54 Å². The van der Waals surface area contributed by atoms with E-state index >= 15 is 0 Å². The van der Waals surface area contributed by atoms with Crippen molar-refractivity contribution in [1.29, 1.82) is 0 Å². The van der Waals surface area contributed by atoms with E-state index in [0.29, 0.717) is 12.6 Å². The van der Waals surface area contributed by atoms with Crippen molar-refractivity contribution >= 4 is 5.91 Å². The van der Waals surface area contributed by atoms with Crippen molar-refractivity contribution < 1.29 is 4.79 Å². The summed E-state index contributed by atoms with van der Waals surface area (Å²) in [5.41, 5.74) is 0. The highest BCUT2D eigenvalue weighted by molar-refractivity contribution is 5.78. The second kappa shape index (κ2) is 5.22. The summed E-state index contributed by atoms with van der Waals surface area (Å²) in [6.45, 7) is 5.67. The Labute approximate surface area is 80.3 Å². The van der Waals surface area contributed by atoms with Gasteiger partial charge in [-0.25, -0.2) is 0 Å². The molecule has 0 heterocycles. The topological polar surface area (TPSA) is 41.1 Å². The summed E-state index contributed by atoms with van der Waals surface area (Å²) in [6, 6.07) is 0.473. The highest BCUT2D eigenvalue weighted by Gasteiger charge is 2.36. The lowest BCUT2D eigenvalue weighted by atomic mass is 10.3. The number of amides is 1. The summed E-state index contributed by atoms with van der Waals surface area (Å²) >= 11 is 0. The highest BCUT2D eigenvalue weighted by atomic mass is 16.2. The van der Waals surface area contributed by atoms with Crippen LogP contribution in [-0.2, 0) is 4.79 Å². The Hall–Kier alpha value is -0.570. The van der Waals surface area contributed by atoms with Gasteiger partial charge in [0.1, 0.15) is 0 Å². The third-order valence-corrected chi connectivity index (χ3v) is 2.51. The Morgan fingerprint density at radius 2 is 2.23 bits per heavy atom. The van der Waals surface area contributed by atoms with Crippen molar-refractivity contribution in [3.8, 4) is 0 Å². The summed E-state index contributed by atoms with van der Waals surface area (Å²) < 4.78 is 0. The van der Waals surface area contributed by atoms with E-state index in [9.17, 15) is 4.79 Å². The minimum atomic E-state index is 0.148. The van der Waals surface area contributed by atoms with Gasteiger partial charge >= 0.3 is 0 Å². The van der Waals surface area contributed by atoms with E-state index in [4.69, 9.17) is 0 Å². The van der Waals surface area contributed by atoms with Gasteiger partial charge in [-0.15, -0.1) is 0 Å². The van der Waals surface area contributed by atoms with E-state index in [2.05, 4.69) is 24.5 Å². The molecule has 1 rings (SSSR count). The normalized spacial score (nSPS) is 25.7. The third-order valence-electron chi connectivity index (χ3n) is 2.51. The maximum absolute atomic E-state index is 11.3. The molecule has 3 nitrogen and oxygen atoms in total. The SMILES string of the molecule is CCCNCC(=O)NC1CC1CC. The molecule has 3 heteroatoms. The van der Waals surface area contributed by atoms with E-state index in [1.165, 1.54) is 12.8 Å². The van der Waals surface area contributed by atoms with Crippen molar-refractivity contribution in [2.75, 3.05) is 13.1 Å². The molecule has 0 saturated heterocycles. The van der Waals surface area contributed by atoms with Crippen LogP contribution in [0.3, 0.4) is 0 Å². The molecular weight excluding hydrogens is 164 g/mol. The first-order chi connectivity index (χ1) is 6.27. The molecule has 0 aromatic carbocycles. The zero-order chi connectivity index (χ0) is 9.68. The van der Waals surface area contributed by atoms with E-state index in [1.807, 2.05) is 0 Å². The molecule has 1 saturated carbocycles. The Bertz CT molecular complexity index is 170. The highest BCUT2D eigenvalue weighted by Crippen LogP contribution is 2.32. The number of hydrogen-bond acceptors (Lipinski definition) is 2. The first kappa shape index (κ1) is 10.5. The number of hydrogen-bond donors (Lipinski definition) is 2. The fourth-order valence-corrected chi connectivity index (χ4v) is 1.51. The summed E-state index contributed by atoms with van der Waals surface area (Å²) in [4.78, 5) is 11.3. The zero-order valence-corrected chi connectivity index (χ0v) is 8.60. The average molecular weight is 184 g/mol. The molecule has 2 N–H and O–H groups in total. The van der Waals surface area contributed by atoms with E-state index in [0.717, 1.165) is 18.9 Å². The van der Waals surface area contributed by atoms with Crippen LogP contribution in [0.5, 0.6) is 0 Å². The molecule has 0 aromatic heterocycles. The Morgan fingerprint density at radius 1 is 1.46 bits per heavy atom. The van der Waals surface area contributed by atoms with Crippen LogP contribution in [0.15, 0.2) is 0 Å². The Morgan fingerprint density at radius 3 is 2.77 bits per heavy atom. The molecular formula is C10H20N2O. The lowest BCUT2D eigenvalue weighted by Crippen LogP contribution is -2.35. The van der Waals surface area contributed by atoms with Gasteiger partial charge in [-0.05, 0) is 25.3 Å². The van der Waals surface area contributed by atoms with E-state index in [-0.39, 0.29) is 5.91 Å². The van der Waals surface area contributed by atoms with Crippen molar-refractivity contribution in [1.82, 2.24) is 10.6 Å². The molecule has 0 spiro atoms. The largest absolute Gasteiger partial charge is 0.352 e. The van der Waals surface area contributed by atoms with Crippen molar-refractivity contribution in [3.63, 3.8) is 0 Å². The Balaban J connectivity index is 1.99. The van der Waals surface area contributed by atoms with Crippen molar-refractivity contribution in [2.45, 2.75) is 39.2 Å². The van der Waals surface area contributed by atoms with Gasteiger partial charge in [0.2, 0.25) is 5.91 Å². The summed E-state index contributed by atoms with van der Waals surface area (Å²) in [5.74, 6) is 0.893. The fraction of sp³-hybridized carbons (Fsp3) is 0.900. The Kier molecular flexibility index (Phi) is 4.22. The van der Waals surface area contributed by atoms with Gasteiger partial charge in [0.15, 0.2) is 0 Å². The second-order valence-corrected chi connectivity index (χ2v) is 3.75. The number of carbonyl (C=O) groups excluding carboxylic acids is 1. The van der Waals surface area contributed by atoms with Gasteiger partial charge in [0.25, 0.3) is 0 Å². The van der Waals surface area contributed by atoms with Crippen molar-refractivity contribution in [3.05, 3.63) is 0 Å². The molecule has 0 aliphatic heterocycles. The van der Waals surface area contributed by atoms with E-state index < -0.39 is 0 Å². The lowest BCUT2D eigenvalue weighted by Gasteiger charge is -2.04. The minimum absolute atomic E-state index is 0.148. The van der Waals surface area contributed by atoms with Crippen LogP contribution < -0.4 is 10.6 Å². The molecule has 0 bridgehead atoms. The molecule has 0 radical (unpaired) electrons. The minimum Gasteiger partial charge on any atom is -0.352 e. The second-order valence-electron chi connectivity index (χ2n) is 3.75. The molecule has 1 aliphatic rings. The van der Waals surface area contributed by atoms with Gasteiger partial charge in [-0.1, -0.05) is 20.3 Å². The molecule has 0 aromatic rings. The predicted molar refractivity (Wildman–Crippen MR) is 53.5 cm³/mol. The smallest absolute Gasteiger partial charge is 0.234 e. The van der Waals surface area contributed by atoms with E-state index in [1.54, 1.807) is 0 Å². The van der Waals surface area contributed by atoms with Crippen LogP contribution in [-0.4, -0.2) is 25.0 Å². The first-order valence-electron chi connectivity index (χ1n) is 5.28. The molecule has 13 heavy (non-hydrogen) atoms. The van der Waals surface area contributed by atoms with Crippen LogP contribution in [0.25, 0.3) is 0 Å². The molecule has 1 fully saturated rings. The summed E-state index contributed by atoms with van der Waals surface area (Å²) in [6.07, 6.45) is 3.44. The van der Waals surface area contributed by atoms with Crippen LogP contribution in [0, 0.1) is 5.92 Å². The maximum atomic E-state index is 11.3. The van der Waals surface area contributed by atoms with Gasteiger partial charge < -0.3 is 10.6 Å². The maximum Gasteiger partial charge on any atom is 0.234 e. The molecule has 2 atom stereocenters. The van der Waals surface area contributed by atoms with Crippen LogP contribution >= 0.6 is 0 Å². The predicted octanol–water partition coefficient (Wildman–Crippen LogP) is 0.901. The van der Waals surface area contributed by atoms with Gasteiger partial charge in [0, 0.05) is 6.04 Å². The summed E-state index contributed by atoms with van der Waals surface area (Å²) in [5, 5.41) is 6.10. The quantitative estimate of drug-likeness (QED) is 0.602. The first-order valence-corrected chi connectivity index (χ1v) is 5.28. The molecule has 2 unspecified atom stereocenters. The van der Waals surface area contributed by atoms with Crippen LogP contribution in [0.4, 0.5) is 0 Å². The third kappa shape index (κ3) is 3.77.